The lowest BCUT2D eigenvalue weighted by atomic mass is 9.59. The van der Waals surface area contributed by atoms with Crippen molar-refractivity contribution in [1.82, 2.24) is 10.6 Å². The molecule has 0 radical (unpaired) electrons. The van der Waals surface area contributed by atoms with Crippen molar-refractivity contribution in [3.05, 3.63) is 96.1 Å². The van der Waals surface area contributed by atoms with E-state index in [2.05, 4.69) is 48.1 Å². The second-order valence-corrected chi connectivity index (χ2v) is 7.39. The lowest BCUT2D eigenvalue weighted by Crippen LogP contribution is -2.61. The summed E-state index contributed by atoms with van der Waals surface area (Å²) in [6.07, 6.45) is 3.71. The number of hydrogen-bond donors (Lipinski definition) is 2. The SMILES string of the molecule is C=CCC(=O)N[C@H]1C2c3ccccc3C(c3ccccc32)[C@@H]1NC(=O)CC=C. The van der Waals surface area contributed by atoms with Gasteiger partial charge in [-0.1, -0.05) is 60.7 Å². The summed E-state index contributed by atoms with van der Waals surface area (Å²) in [6.45, 7) is 7.33. The largest absolute Gasteiger partial charge is 0.350 e. The van der Waals surface area contributed by atoms with E-state index in [0.717, 1.165) is 0 Å². The molecular formula is C24H24N2O2. The molecule has 2 amide bonds. The molecular weight excluding hydrogens is 348 g/mol. The fourth-order valence-electron chi connectivity index (χ4n) is 4.78. The minimum absolute atomic E-state index is 0.000182. The Kier molecular flexibility index (Phi) is 4.86. The average molecular weight is 372 g/mol. The molecule has 3 aliphatic carbocycles. The molecule has 4 heteroatoms. The van der Waals surface area contributed by atoms with Crippen LogP contribution in [0.3, 0.4) is 0 Å². The lowest BCUT2D eigenvalue weighted by molar-refractivity contribution is -0.124. The zero-order chi connectivity index (χ0) is 19.7. The van der Waals surface area contributed by atoms with Crippen LogP contribution in [0.4, 0.5) is 0 Å². The predicted molar refractivity (Wildman–Crippen MR) is 110 cm³/mol. The molecule has 2 aromatic rings. The quantitative estimate of drug-likeness (QED) is 0.764. The second kappa shape index (κ2) is 7.47. The molecule has 2 atom stereocenters. The van der Waals surface area contributed by atoms with Gasteiger partial charge in [0.25, 0.3) is 0 Å². The number of fused-ring (bicyclic) bond motifs is 1. The number of carbonyl (C=O) groups is 2. The number of carbonyl (C=O) groups excluding carboxylic acids is 2. The first-order chi connectivity index (χ1) is 13.7. The molecule has 28 heavy (non-hydrogen) atoms. The van der Waals surface area contributed by atoms with Crippen molar-refractivity contribution in [1.29, 1.82) is 0 Å². The van der Waals surface area contributed by atoms with Crippen molar-refractivity contribution in [3.63, 3.8) is 0 Å². The number of amides is 2. The molecule has 0 saturated carbocycles. The molecule has 0 aliphatic heterocycles. The smallest absolute Gasteiger partial charge is 0.224 e. The van der Waals surface area contributed by atoms with Gasteiger partial charge >= 0.3 is 0 Å². The molecule has 2 bridgehead atoms. The van der Waals surface area contributed by atoms with Crippen molar-refractivity contribution in [2.75, 3.05) is 0 Å². The summed E-state index contributed by atoms with van der Waals surface area (Å²) in [4.78, 5) is 24.9. The summed E-state index contributed by atoms with van der Waals surface area (Å²) in [5.41, 5.74) is 4.90. The zero-order valence-electron chi connectivity index (χ0n) is 15.7. The predicted octanol–water partition coefficient (Wildman–Crippen LogP) is 3.40. The summed E-state index contributed by atoms with van der Waals surface area (Å²) < 4.78 is 0. The molecule has 0 aromatic heterocycles. The van der Waals surface area contributed by atoms with E-state index in [9.17, 15) is 9.59 Å². The number of nitrogens with one attached hydrogen (secondary N) is 2. The third-order valence-electron chi connectivity index (χ3n) is 5.75. The molecule has 5 rings (SSSR count). The highest BCUT2D eigenvalue weighted by molar-refractivity contribution is 5.80. The van der Waals surface area contributed by atoms with Gasteiger partial charge in [-0.25, -0.2) is 0 Å². The van der Waals surface area contributed by atoms with E-state index in [-0.39, 0.29) is 48.6 Å². The van der Waals surface area contributed by atoms with E-state index >= 15 is 0 Å². The standard InChI is InChI=1S/C24H24N2O2/c1-3-9-19(27)25-23-21-15-11-5-7-13-17(15)22(18-14-8-6-12-16(18)21)24(23)26-20(28)10-4-2/h3-8,11-14,21-24H,1-2,9-10H2,(H,25,27)(H,26,28)/t21?,22?,23-,24-/m0/s1. The summed E-state index contributed by atoms with van der Waals surface area (Å²) in [5, 5.41) is 6.36. The highest BCUT2D eigenvalue weighted by Crippen LogP contribution is 2.52. The summed E-state index contributed by atoms with van der Waals surface area (Å²) in [6, 6.07) is 16.3. The monoisotopic (exact) mass is 372 g/mol. The van der Waals surface area contributed by atoms with Crippen molar-refractivity contribution in [2.24, 2.45) is 0 Å². The molecule has 2 aromatic carbocycles. The van der Waals surface area contributed by atoms with Gasteiger partial charge in [0, 0.05) is 24.7 Å². The van der Waals surface area contributed by atoms with Gasteiger partial charge in [-0.3, -0.25) is 9.59 Å². The molecule has 0 saturated heterocycles. The van der Waals surface area contributed by atoms with Crippen molar-refractivity contribution in [2.45, 2.75) is 36.8 Å². The van der Waals surface area contributed by atoms with Crippen LogP contribution in [0.5, 0.6) is 0 Å². The van der Waals surface area contributed by atoms with Crippen molar-refractivity contribution in [3.8, 4) is 0 Å². The molecule has 3 aliphatic rings. The Morgan fingerprint density at radius 2 is 1.04 bits per heavy atom. The molecule has 2 N–H and O–H groups in total. The molecule has 0 fully saturated rings. The van der Waals surface area contributed by atoms with Crippen LogP contribution in [0.25, 0.3) is 0 Å². The third-order valence-corrected chi connectivity index (χ3v) is 5.75. The average Bonchev–Trinajstić information content (AvgIpc) is 2.69. The highest BCUT2D eigenvalue weighted by atomic mass is 16.2. The minimum Gasteiger partial charge on any atom is -0.350 e. The van der Waals surface area contributed by atoms with E-state index in [0.29, 0.717) is 0 Å². The first-order valence-corrected chi connectivity index (χ1v) is 9.64. The van der Waals surface area contributed by atoms with Gasteiger partial charge in [-0.15, -0.1) is 13.2 Å². The van der Waals surface area contributed by atoms with Crippen molar-refractivity contribution < 1.29 is 9.59 Å². The third kappa shape index (κ3) is 2.95. The van der Waals surface area contributed by atoms with Gasteiger partial charge in [0.15, 0.2) is 0 Å². The van der Waals surface area contributed by atoms with Crippen molar-refractivity contribution >= 4 is 11.8 Å². The van der Waals surface area contributed by atoms with Gasteiger partial charge in [-0.05, 0) is 22.3 Å². The number of rotatable bonds is 6. The fraction of sp³-hybridized carbons (Fsp3) is 0.250. The Morgan fingerprint density at radius 1 is 0.714 bits per heavy atom. The van der Waals surface area contributed by atoms with Crippen LogP contribution in [0.15, 0.2) is 73.8 Å². The lowest BCUT2D eigenvalue weighted by Gasteiger charge is -2.51. The summed E-state index contributed by atoms with van der Waals surface area (Å²) in [7, 11) is 0. The van der Waals surface area contributed by atoms with Gasteiger partial charge in [0.1, 0.15) is 0 Å². The normalized spacial score (nSPS) is 23.9. The molecule has 0 heterocycles. The Hall–Kier alpha value is -3.14. The maximum Gasteiger partial charge on any atom is 0.224 e. The van der Waals surface area contributed by atoms with Gasteiger partial charge in [0.2, 0.25) is 11.8 Å². The van der Waals surface area contributed by atoms with E-state index in [1.54, 1.807) is 12.2 Å². The molecule has 0 spiro atoms. The maximum atomic E-state index is 12.5. The number of hydrogen-bond acceptors (Lipinski definition) is 2. The Labute approximate surface area is 165 Å². The zero-order valence-corrected chi connectivity index (χ0v) is 15.7. The van der Waals surface area contributed by atoms with Crippen LogP contribution >= 0.6 is 0 Å². The van der Waals surface area contributed by atoms with Crippen LogP contribution in [0.2, 0.25) is 0 Å². The van der Waals surface area contributed by atoms with Crippen LogP contribution < -0.4 is 10.6 Å². The minimum atomic E-state index is -0.212. The van der Waals surface area contributed by atoms with E-state index in [1.807, 2.05) is 24.3 Å². The van der Waals surface area contributed by atoms with Crippen LogP contribution in [0, 0.1) is 0 Å². The topological polar surface area (TPSA) is 58.2 Å². The van der Waals surface area contributed by atoms with Crippen LogP contribution in [-0.2, 0) is 9.59 Å². The Balaban J connectivity index is 1.83. The molecule has 142 valence electrons. The van der Waals surface area contributed by atoms with Gasteiger partial charge in [-0.2, -0.15) is 0 Å². The second-order valence-electron chi connectivity index (χ2n) is 7.39. The molecule has 4 nitrogen and oxygen atoms in total. The Bertz CT molecular complexity index is 826. The summed E-state index contributed by atoms with van der Waals surface area (Å²) in [5.74, 6) is -0.156. The highest BCUT2D eigenvalue weighted by Gasteiger charge is 2.50. The van der Waals surface area contributed by atoms with Gasteiger partial charge < -0.3 is 10.6 Å². The summed E-state index contributed by atoms with van der Waals surface area (Å²) >= 11 is 0. The maximum absolute atomic E-state index is 12.5. The van der Waals surface area contributed by atoms with Crippen LogP contribution in [0.1, 0.15) is 46.9 Å². The van der Waals surface area contributed by atoms with E-state index in [4.69, 9.17) is 0 Å². The van der Waals surface area contributed by atoms with Gasteiger partial charge in [0.05, 0.1) is 12.1 Å². The van der Waals surface area contributed by atoms with Crippen LogP contribution in [-0.4, -0.2) is 23.9 Å². The molecule has 0 unspecified atom stereocenters. The van der Waals surface area contributed by atoms with E-state index in [1.165, 1.54) is 22.3 Å². The Morgan fingerprint density at radius 3 is 1.32 bits per heavy atom. The fourth-order valence-corrected chi connectivity index (χ4v) is 4.78. The number of benzene rings is 2. The van der Waals surface area contributed by atoms with E-state index < -0.39 is 0 Å². The first-order valence-electron chi connectivity index (χ1n) is 9.64. The first kappa shape index (κ1) is 18.2.